The van der Waals surface area contributed by atoms with E-state index in [-0.39, 0.29) is 18.8 Å². The summed E-state index contributed by atoms with van der Waals surface area (Å²) in [7, 11) is -3.76. The van der Waals surface area contributed by atoms with E-state index in [9.17, 15) is 18.3 Å². The molecule has 1 N–H and O–H groups in total. The Balaban J connectivity index is 2.10. The van der Waals surface area contributed by atoms with Crippen LogP contribution < -0.4 is 4.74 Å². The Bertz CT molecular complexity index is 758. The lowest BCUT2D eigenvalue weighted by atomic mass is 10.00. The molecule has 154 valence electrons. The number of aliphatic hydroxyl groups excluding tert-OH is 1. The fraction of sp³-hybridized carbons (Fsp3) is 0.778. The van der Waals surface area contributed by atoms with Crippen LogP contribution in [0.2, 0.25) is 0 Å². The minimum atomic E-state index is -3.76. The third-order valence-corrected chi connectivity index (χ3v) is 7.87. The lowest BCUT2D eigenvalue weighted by molar-refractivity contribution is -0.914. The van der Waals surface area contributed by atoms with Crippen LogP contribution in [0.5, 0.6) is 0 Å². The number of nitrogens with zero attached hydrogens (tertiary/aromatic N) is 1. The van der Waals surface area contributed by atoms with Gasteiger partial charge in [-0.25, -0.2) is 12.9 Å². The van der Waals surface area contributed by atoms with Crippen LogP contribution >= 0.6 is 0 Å². The standard InChI is InChI=1S/C18H30NO7S/c1-13(20)17(2,3)19-7-6-14(26-19)10-16(21)18(4,5)27(22,23)12-15-11-24-8-9-25-15/h6-7,13,15,20H,8-12H2,1-5H3/q+1/t13-,15+/m0/s1. The second-order valence-electron chi connectivity index (χ2n) is 7.99. The van der Waals surface area contributed by atoms with Gasteiger partial charge in [-0.1, -0.05) is 0 Å². The number of sulfone groups is 1. The van der Waals surface area contributed by atoms with Crippen molar-refractivity contribution in [3.05, 3.63) is 18.0 Å². The lowest BCUT2D eigenvalue weighted by Crippen LogP contribution is -2.57. The van der Waals surface area contributed by atoms with E-state index in [1.165, 1.54) is 18.6 Å². The SMILES string of the molecule is C[C@H](O)C(C)(C)[n+]1ccc(CC(=O)C(C)(C)S(=O)(=O)C[C@H]2COCCO2)o1. The third-order valence-electron chi connectivity index (χ3n) is 5.28. The number of aromatic nitrogens is 1. The number of rotatable bonds is 8. The summed E-state index contributed by atoms with van der Waals surface area (Å²) in [6, 6.07) is 1.61. The first-order valence-electron chi connectivity index (χ1n) is 9.02. The summed E-state index contributed by atoms with van der Waals surface area (Å²) < 4.78 is 41.7. The Hall–Kier alpha value is -1.29. The van der Waals surface area contributed by atoms with Crippen LogP contribution in [0.25, 0.3) is 0 Å². The highest BCUT2D eigenvalue weighted by atomic mass is 32.2. The number of ketones is 1. The fourth-order valence-electron chi connectivity index (χ4n) is 2.55. The van der Waals surface area contributed by atoms with Gasteiger partial charge in [0.25, 0.3) is 0 Å². The van der Waals surface area contributed by atoms with Crippen molar-refractivity contribution < 1.29 is 37.1 Å². The van der Waals surface area contributed by atoms with E-state index in [1.807, 2.05) is 0 Å². The molecule has 1 saturated heterocycles. The van der Waals surface area contributed by atoms with Crippen molar-refractivity contribution in [3.63, 3.8) is 0 Å². The largest absolute Gasteiger partial charge is 0.386 e. The van der Waals surface area contributed by atoms with Crippen molar-refractivity contribution in [2.24, 2.45) is 0 Å². The number of carbonyl (C=O) groups is 1. The van der Waals surface area contributed by atoms with E-state index in [0.717, 1.165) is 0 Å². The normalized spacial score (nSPS) is 20.4. The van der Waals surface area contributed by atoms with Crippen molar-refractivity contribution >= 4 is 15.6 Å². The third kappa shape index (κ3) is 4.77. The van der Waals surface area contributed by atoms with Crippen molar-refractivity contribution in [3.8, 4) is 0 Å². The Kier molecular flexibility index (Phi) is 6.51. The summed E-state index contributed by atoms with van der Waals surface area (Å²) in [4.78, 5) is 12.7. The molecule has 0 bridgehead atoms. The van der Waals surface area contributed by atoms with Crippen LogP contribution in [0, 0.1) is 0 Å². The highest BCUT2D eigenvalue weighted by Gasteiger charge is 2.44. The summed E-state index contributed by atoms with van der Waals surface area (Å²) >= 11 is 0. The maximum Gasteiger partial charge on any atom is 0.231 e. The molecular weight excluding hydrogens is 374 g/mol. The summed E-state index contributed by atoms with van der Waals surface area (Å²) in [5.74, 6) is -0.385. The molecule has 2 rings (SSSR count). The molecule has 1 aromatic rings. The van der Waals surface area contributed by atoms with Gasteiger partial charge in [-0.2, -0.15) is 0 Å². The molecule has 2 atom stereocenters. The average Bonchev–Trinajstić information content (AvgIpc) is 3.04. The Morgan fingerprint density at radius 2 is 2.00 bits per heavy atom. The second-order valence-corrected chi connectivity index (χ2v) is 10.6. The molecule has 1 aromatic heterocycles. The van der Waals surface area contributed by atoms with Gasteiger partial charge in [0.2, 0.25) is 11.7 Å². The maximum absolute atomic E-state index is 12.8. The minimum Gasteiger partial charge on any atom is -0.386 e. The van der Waals surface area contributed by atoms with Crippen molar-refractivity contribution in [2.45, 2.75) is 63.5 Å². The smallest absolute Gasteiger partial charge is 0.231 e. The van der Waals surface area contributed by atoms with E-state index in [0.29, 0.717) is 19.0 Å². The van der Waals surface area contributed by atoms with Crippen LogP contribution in [0.3, 0.4) is 0 Å². The van der Waals surface area contributed by atoms with Crippen LogP contribution in [0.4, 0.5) is 0 Å². The predicted octanol–water partition coefficient (Wildman–Crippen LogP) is 0.403. The summed E-state index contributed by atoms with van der Waals surface area (Å²) in [5.41, 5.74) is -0.693. The fourth-order valence-corrected chi connectivity index (χ4v) is 4.07. The minimum absolute atomic E-state index is 0.156. The van der Waals surface area contributed by atoms with Gasteiger partial charge in [0.05, 0.1) is 44.2 Å². The highest BCUT2D eigenvalue weighted by Crippen LogP contribution is 2.23. The number of hydrogen-bond acceptors (Lipinski definition) is 7. The maximum atomic E-state index is 12.8. The van der Waals surface area contributed by atoms with Gasteiger partial charge in [0.1, 0.15) is 10.9 Å². The molecule has 0 aromatic carbocycles. The monoisotopic (exact) mass is 404 g/mol. The summed E-state index contributed by atoms with van der Waals surface area (Å²) in [5, 5.41) is 9.87. The molecule has 0 radical (unpaired) electrons. The zero-order valence-electron chi connectivity index (χ0n) is 16.6. The average molecular weight is 405 g/mol. The van der Waals surface area contributed by atoms with E-state index in [2.05, 4.69) is 0 Å². The Morgan fingerprint density at radius 1 is 1.33 bits per heavy atom. The highest BCUT2D eigenvalue weighted by molar-refractivity contribution is 7.93. The van der Waals surface area contributed by atoms with E-state index in [4.69, 9.17) is 14.0 Å². The summed E-state index contributed by atoms with van der Waals surface area (Å²) in [6.45, 7) is 9.06. The van der Waals surface area contributed by atoms with Gasteiger partial charge in [0, 0.05) is 13.8 Å². The molecule has 0 aliphatic carbocycles. The molecule has 1 fully saturated rings. The number of aliphatic hydroxyl groups is 1. The molecule has 0 amide bonds. The zero-order valence-corrected chi connectivity index (χ0v) is 17.4. The first-order chi connectivity index (χ1) is 12.4. The topological polar surface area (TPSA) is 107 Å². The van der Waals surface area contributed by atoms with E-state index in [1.54, 1.807) is 33.0 Å². The number of ether oxygens (including phenoxy) is 2. The molecular formula is C18H30NO7S+. The molecule has 1 aliphatic rings. The first kappa shape index (κ1) is 22.0. The van der Waals surface area contributed by atoms with Crippen molar-refractivity contribution in [2.75, 3.05) is 25.6 Å². The number of Topliss-reactive ketones (excluding diaryl/α,β-unsaturated/α-hetero) is 1. The van der Waals surface area contributed by atoms with Crippen molar-refractivity contribution in [1.82, 2.24) is 0 Å². The Labute approximate surface area is 160 Å². The molecule has 2 heterocycles. The van der Waals surface area contributed by atoms with Gasteiger partial charge in [-0.3, -0.25) is 4.79 Å². The number of carbonyl (C=O) groups excluding carboxylic acids is 1. The molecule has 0 saturated carbocycles. The second kappa shape index (κ2) is 7.98. The van der Waals surface area contributed by atoms with E-state index >= 15 is 0 Å². The van der Waals surface area contributed by atoms with Crippen molar-refractivity contribution in [1.29, 1.82) is 0 Å². The van der Waals surface area contributed by atoms with Gasteiger partial charge < -0.3 is 14.6 Å². The van der Waals surface area contributed by atoms with Crippen LogP contribution in [0.15, 0.2) is 16.8 Å². The molecule has 1 aliphatic heterocycles. The summed E-state index contributed by atoms with van der Waals surface area (Å²) in [6.07, 6.45) is 0.237. The van der Waals surface area contributed by atoms with Gasteiger partial charge in [-0.15, -0.1) is 0 Å². The predicted molar refractivity (Wildman–Crippen MR) is 97.0 cm³/mol. The first-order valence-corrected chi connectivity index (χ1v) is 10.7. The molecule has 27 heavy (non-hydrogen) atoms. The van der Waals surface area contributed by atoms with Gasteiger partial charge >= 0.3 is 0 Å². The molecule has 9 heteroatoms. The van der Waals surface area contributed by atoms with Gasteiger partial charge in [-0.05, 0) is 25.5 Å². The zero-order chi connectivity index (χ0) is 20.5. The van der Waals surface area contributed by atoms with Crippen LogP contribution in [-0.2, 0) is 36.1 Å². The van der Waals surface area contributed by atoms with E-state index < -0.39 is 38.1 Å². The van der Waals surface area contributed by atoms with Crippen LogP contribution in [0.1, 0.15) is 40.4 Å². The van der Waals surface area contributed by atoms with Crippen LogP contribution in [-0.4, -0.2) is 61.8 Å². The van der Waals surface area contributed by atoms with Gasteiger partial charge in [0.15, 0.2) is 21.4 Å². The Morgan fingerprint density at radius 3 is 2.56 bits per heavy atom. The molecule has 0 spiro atoms. The molecule has 0 unspecified atom stereocenters. The molecule has 8 nitrogen and oxygen atoms in total. The lowest BCUT2D eigenvalue weighted by Gasteiger charge is -2.28. The quantitative estimate of drug-likeness (QED) is 0.625. The number of hydrogen-bond donors (Lipinski definition) is 1.